The summed E-state index contributed by atoms with van der Waals surface area (Å²) in [6.45, 7) is 2.69. The molecule has 124 valence electrons. The van der Waals surface area contributed by atoms with Crippen molar-refractivity contribution in [2.75, 3.05) is 11.7 Å². The van der Waals surface area contributed by atoms with Crippen LogP contribution in [0.2, 0.25) is 0 Å². The van der Waals surface area contributed by atoms with Crippen molar-refractivity contribution in [1.29, 1.82) is 0 Å². The van der Waals surface area contributed by atoms with Crippen molar-refractivity contribution < 1.29 is 9.47 Å². The van der Waals surface area contributed by atoms with Crippen molar-refractivity contribution in [2.45, 2.75) is 32.2 Å². The van der Waals surface area contributed by atoms with Gasteiger partial charge in [-0.1, -0.05) is 18.2 Å². The van der Waals surface area contributed by atoms with Gasteiger partial charge in [-0.25, -0.2) is 9.97 Å². The molecule has 1 aliphatic heterocycles. The number of anilines is 2. The highest BCUT2D eigenvalue weighted by atomic mass is 16.7. The molecule has 0 radical (unpaired) electrons. The fraction of sp³-hybridized carbons (Fsp3) is 0.333. The number of nitrogens with zero attached hydrogens (tertiary/aromatic N) is 3. The van der Waals surface area contributed by atoms with Crippen LogP contribution in [-0.2, 0) is 16.0 Å². The molecule has 0 atom stereocenters. The van der Waals surface area contributed by atoms with Crippen molar-refractivity contribution >= 4 is 11.5 Å². The maximum atomic E-state index is 5.97. The number of ether oxygens (including phenoxy) is 2. The molecule has 1 aromatic carbocycles. The molecule has 6 nitrogen and oxygen atoms in total. The number of hydrogen-bond acceptors (Lipinski definition) is 6. The van der Waals surface area contributed by atoms with E-state index in [4.69, 9.17) is 20.2 Å². The fourth-order valence-corrected chi connectivity index (χ4v) is 2.92. The highest BCUT2D eigenvalue weighted by molar-refractivity contribution is 5.71. The SMILES string of the molecule is Cc1cccc(CN)c1N(C1=COCO1)c1ccnc(C2CC2)n1. The highest BCUT2D eigenvalue weighted by Gasteiger charge is 2.29. The minimum Gasteiger partial charge on any atom is -0.459 e. The standard InChI is InChI=1S/C18H20N4O2/c1-12-3-2-4-14(9-19)17(12)22(16-10-23-11-24-16)15-7-8-20-18(21-15)13-5-6-13/h2-4,7-8,10,13H,5-6,9,11,19H2,1H3. The van der Waals surface area contributed by atoms with E-state index in [1.54, 1.807) is 12.5 Å². The monoisotopic (exact) mass is 324 g/mol. The van der Waals surface area contributed by atoms with E-state index < -0.39 is 0 Å². The Hall–Kier alpha value is -2.60. The van der Waals surface area contributed by atoms with Gasteiger partial charge in [0.2, 0.25) is 12.7 Å². The smallest absolute Gasteiger partial charge is 0.238 e. The maximum Gasteiger partial charge on any atom is 0.238 e. The summed E-state index contributed by atoms with van der Waals surface area (Å²) < 4.78 is 10.9. The summed E-state index contributed by atoms with van der Waals surface area (Å²) in [4.78, 5) is 11.2. The van der Waals surface area contributed by atoms with Gasteiger partial charge < -0.3 is 15.2 Å². The lowest BCUT2D eigenvalue weighted by atomic mass is 10.1. The van der Waals surface area contributed by atoms with Gasteiger partial charge in [0.25, 0.3) is 0 Å². The predicted octanol–water partition coefficient (Wildman–Crippen LogP) is 3.06. The Labute approximate surface area is 140 Å². The predicted molar refractivity (Wildman–Crippen MR) is 90.3 cm³/mol. The Bertz CT molecular complexity index is 786. The molecule has 2 aliphatic rings. The average molecular weight is 324 g/mol. The molecule has 6 heteroatoms. The summed E-state index contributed by atoms with van der Waals surface area (Å²) in [5, 5.41) is 0. The zero-order valence-corrected chi connectivity index (χ0v) is 13.6. The van der Waals surface area contributed by atoms with Gasteiger partial charge in [-0.15, -0.1) is 0 Å². The molecule has 0 saturated heterocycles. The first kappa shape index (κ1) is 15.0. The maximum absolute atomic E-state index is 5.97. The first-order valence-corrected chi connectivity index (χ1v) is 8.14. The van der Waals surface area contributed by atoms with Crippen LogP contribution in [0.15, 0.2) is 42.6 Å². The van der Waals surface area contributed by atoms with Crippen molar-refractivity contribution in [2.24, 2.45) is 5.73 Å². The minimum atomic E-state index is 0.205. The molecule has 0 bridgehead atoms. The van der Waals surface area contributed by atoms with Gasteiger partial charge in [-0.2, -0.15) is 0 Å². The molecule has 0 unspecified atom stereocenters. The van der Waals surface area contributed by atoms with Crippen LogP contribution in [0.25, 0.3) is 0 Å². The van der Waals surface area contributed by atoms with E-state index in [-0.39, 0.29) is 6.79 Å². The topological polar surface area (TPSA) is 73.5 Å². The van der Waals surface area contributed by atoms with Crippen LogP contribution in [0.1, 0.15) is 35.7 Å². The van der Waals surface area contributed by atoms with E-state index in [1.165, 1.54) is 0 Å². The molecule has 24 heavy (non-hydrogen) atoms. The summed E-state index contributed by atoms with van der Waals surface area (Å²) in [6, 6.07) is 7.98. The average Bonchev–Trinajstić information content (AvgIpc) is 3.33. The minimum absolute atomic E-state index is 0.205. The Kier molecular flexibility index (Phi) is 3.82. The third-order valence-corrected chi connectivity index (χ3v) is 4.28. The van der Waals surface area contributed by atoms with E-state index in [2.05, 4.69) is 18.0 Å². The molecule has 0 spiro atoms. The van der Waals surface area contributed by atoms with Crippen molar-refractivity contribution in [3.05, 3.63) is 59.6 Å². The van der Waals surface area contributed by atoms with Gasteiger partial charge in [0.05, 0.1) is 5.69 Å². The molecule has 1 saturated carbocycles. The van der Waals surface area contributed by atoms with Crippen molar-refractivity contribution in [3.8, 4) is 0 Å². The molecule has 2 heterocycles. The first-order chi connectivity index (χ1) is 11.8. The lowest BCUT2D eigenvalue weighted by Gasteiger charge is -2.27. The number of aromatic nitrogens is 2. The van der Waals surface area contributed by atoms with Crippen LogP contribution in [0.4, 0.5) is 11.5 Å². The molecule has 2 aromatic rings. The van der Waals surface area contributed by atoms with Crippen LogP contribution in [0.5, 0.6) is 0 Å². The van der Waals surface area contributed by atoms with Crippen LogP contribution in [0.3, 0.4) is 0 Å². The van der Waals surface area contributed by atoms with E-state index in [1.807, 2.05) is 23.1 Å². The number of benzene rings is 1. The summed E-state index contributed by atoms with van der Waals surface area (Å²) in [7, 11) is 0. The van der Waals surface area contributed by atoms with Gasteiger partial charge in [0.15, 0.2) is 0 Å². The number of para-hydroxylation sites is 1. The zero-order valence-electron chi connectivity index (χ0n) is 13.6. The Morgan fingerprint density at radius 2 is 2.17 bits per heavy atom. The lowest BCUT2D eigenvalue weighted by Crippen LogP contribution is -2.22. The van der Waals surface area contributed by atoms with Gasteiger partial charge >= 0.3 is 0 Å². The summed E-state index contributed by atoms with van der Waals surface area (Å²) in [5.74, 6) is 2.75. The molecule has 2 N–H and O–H groups in total. The van der Waals surface area contributed by atoms with Crippen molar-refractivity contribution in [3.63, 3.8) is 0 Å². The van der Waals surface area contributed by atoms with Gasteiger partial charge in [-0.05, 0) is 37.0 Å². The van der Waals surface area contributed by atoms with Crippen LogP contribution in [0, 0.1) is 6.92 Å². The molecular formula is C18H20N4O2. The third-order valence-electron chi connectivity index (χ3n) is 4.28. The third kappa shape index (κ3) is 2.69. The molecule has 1 aromatic heterocycles. The second-order valence-electron chi connectivity index (χ2n) is 6.05. The number of rotatable bonds is 5. The molecule has 1 fully saturated rings. The zero-order chi connectivity index (χ0) is 16.5. The highest BCUT2D eigenvalue weighted by Crippen LogP contribution is 2.40. The largest absolute Gasteiger partial charge is 0.459 e. The molecule has 0 amide bonds. The molecule has 1 aliphatic carbocycles. The van der Waals surface area contributed by atoms with Crippen molar-refractivity contribution in [1.82, 2.24) is 9.97 Å². The number of aryl methyl sites for hydroxylation is 1. The Balaban J connectivity index is 1.85. The number of hydrogen-bond donors (Lipinski definition) is 1. The quantitative estimate of drug-likeness (QED) is 0.911. The van der Waals surface area contributed by atoms with Gasteiger partial charge in [-0.3, -0.25) is 4.90 Å². The Morgan fingerprint density at radius 3 is 2.88 bits per heavy atom. The van der Waals surface area contributed by atoms with Gasteiger partial charge in [0.1, 0.15) is 17.9 Å². The Morgan fingerprint density at radius 1 is 1.29 bits per heavy atom. The second-order valence-corrected chi connectivity index (χ2v) is 6.05. The van der Waals surface area contributed by atoms with E-state index in [0.717, 1.165) is 41.3 Å². The number of nitrogens with two attached hydrogens (primary N) is 1. The molecular weight excluding hydrogens is 304 g/mol. The van der Waals surface area contributed by atoms with Gasteiger partial charge in [0, 0.05) is 18.7 Å². The summed E-state index contributed by atoms with van der Waals surface area (Å²) >= 11 is 0. The fourth-order valence-electron chi connectivity index (χ4n) is 2.92. The first-order valence-electron chi connectivity index (χ1n) is 8.14. The van der Waals surface area contributed by atoms with Crippen LogP contribution < -0.4 is 10.6 Å². The summed E-state index contributed by atoms with van der Waals surface area (Å²) in [5.41, 5.74) is 9.08. The van der Waals surface area contributed by atoms with E-state index >= 15 is 0 Å². The summed E-state index contributed by atoms with van der Waals surface area (Å²) in [6.07, 6.45) is 5.74. The van der Waals surface area contributed by atoms with Crippen LogP contribution >= 0.6 is 0 Å². The van der Waals surface area contributed by atoms with E-state index in [9.17, 15) is 0 Å². The second kappa shape index (κ2) is 6.13. The van der Waals surface area contributed by atoms with Crippen LogP contribution in [-0.4, -0.2) is 16.8 Å². The lowest BCUT2D eigenvalue weighted by molar-refractivity contribution is 0.0797. The van der Waals surface area contributed by atoms with E-state index in [0.29, 0.717) is 18.3 Å². The normalized spacial score (nSPS) is 16.3. The molecule has 4 rings (SSSR count).